The molecule has 0 aliphatic rings. The maximum Gasteiger partial charge on any atom is 0.253 e. The minimum atomic E-state index is -0.206. The van der Waals surface area contributed by atoms with E-state index in [2.05, 4.69) is 25.5 Å². The summed E-state index contributed by atoms with van der Waals surface area (Å²) >= 11 is 0. The number of hydrogen-bond acceptors (Lipinski definition) is 5. The van der Waals surface area contributed by atoms with Crippen LogP contribution in [-0.2, 0) is 6.54 Å². The molecule has 0 saturated carbocycles. The van der Waals surface area contributed by atoms with Crippen LogP contribution in [0.1, 0.15) is 15.9 Å². The lowest BCUT2D eigenvalue weighted by atomic mass is 9.99. The van der Waals surface area contributed by atoms with Crippen LogP contribution in [0.5, 0.6) is 5.75 Å². The Labute approximate surface area is 177 Å². The Hall–Kier alpha value is -4.33. The van der Waals surface area contributed by atoms with Gasteiger partial charge in [0.15, 0.2) is 0 Å². The number of ether oxygens (including phenoxy) is 1. The molecule has 5 N–H and O–H groups in total. The van der Waals surface area contributed by atoms with Crippen LogP contribution in [0, 0.1) is 0 Å². The highest BCUT2D eigenvalue weighted by molar-refractivity contribution is 6.08. The van der Waals surface area contributed by atoms with Gasteiger partial charge in [0.25, 0.3) is 5.91 Å². The van der Waals surface area contributed by atoms with E-state index in [4.69, 9.17) is 10.5 Å². The summed E-state index contributed by atoms with van der Waals surface area (Å²) in [5, 5.41) is 11.8. The summed E-state index contributed by atoms with van der Waals surface area (Å²) in [5.74, 6) is 0.962. The van der Waals surface area contributed by atoms with E-state index in [9.17, 15) is 4.79 Å². The quantitative estimate of drug-likeness (QED) is 0.351. The summed E-state index contributed by atoms with van der Waals surface area (Å²) in [4.78, 5) is 20.5. The van der Waals surface area contributed by atoms with Gasteiger partial charge in [-0.05, 0) is 29.8 Å². The van der Waals surface area contributed by atoms with Gasteiger partial charge in [-0.2, -0.15) is 5.10 Å². The molecule has 8 nitrogen and oxygen atoms in total. The molecule has 0 saturated heterocycles. The molecule has 31 heavy (non-hydrogen) atoms. The third-order valence-corrected chi connectivity index (χ3v) is 5.32. The maximum absolute atomic E-state index is 13.1. The van der Waals surface area contributed by atoms with E-state index in [1.165, 1.54) is 0 Å². The number of benzene rings is 2. The fourth-order valence-corrected chi connectivity index (χ4v) is 3.79. The fraction of sp³-hybridized carbons (Fsp3) is 0.0870. The standard InChI is InChI=1S/C23H20N6O2/c1-31-20-5-3-2-4-13(20)9-27-23(30)17-7-14(6-15-10-28-29-22(15)17)18-11-25-19-12-26-21(24)8-16(18)19/h2-8,10-12,25H,9H2,1H3,(H2,24,26)(H,27,30)(H,28,29). The summed E-state index contributed by atoms with van der Waals surface area (Å²) in [7, 11) is 1.61. The van der Waals surface area contributed by atoms with Crippen molar-refractivity contribution in [1.29, 1.82) is 0 Å². The van der Waals surface area contributed by atoms with E-state index < -0.39 is 0 Å². The smallest absolute Gasteiger partial charge is 0.253 e. The molecule has 154 valence electrons. The number of anilines is 1. The molecular weight excluding hydrogens is 392 g/mol. The van der Waals surface area contributed by atoms with Gasteiger partial charge in [0.1, 0.15) is 11.6 Å². The number of carbonyl (C=O) groups is 1. The molecule has 5 aromatic rings. The molecule has 1 amide bonds. The second-order valence-corrected chi connectivity index (χ2v) is 7.21. The molecule has 0 radical (unpaired) electrons. The number of aromatic amines is 2. The number of methoxy groups -OCH3 is 1. The fourth-order valence-electron chi connectivity index (χ4n) is 3.79. The normalized spacial score (nSPS) is 11.1. The van der Waals surface area contributed by atoms with E-state index in [0.29, 0.717) is 23.4 Å². The monoisotopic (exact) mass is 412 g/mol. The number of nitrogens with zero attached hydrogens (tertiary/aromatic N) is 2. The van der Waals surface area contributed by atoms with Gasteiger partial charge < -0.3 is 20.8 Å². The van der Waals surface area contributed by atoms with Gasteiger partial charge in [0, 0.05) is 34.6 Å². The number of fused-ring (bicyclic) bond motifs is 2. The van der Waals surface area contributed by atoms with Crippen LogP contribution < -0.4 is 15.8 Å². The Balaban J connectivity index is 1.53. The number of carbonyl (C=O) groups excluding carboxylic acids is 1. The molecule has 0 atom stereocenters. The Morgan fingerprint density at radius 1 is 1.19 bits per heavy atom. The average molecular weight is 412 g/mol. The molecule has 0 aliphatic heterocycles. The SMILES string of the molecule is COc1ccccc1CNC(=O)c1cc(-c2c[nH]c3cnc(N)cc23)cc2cn[nH]c12. The largest absolute Gasteiger partial charge is 0.496 e. The molecule has 0 bridgehead atoms. The summed E-state index contributed by atoms with van der Waals surface area (Å²) in [6.07, 6.45) is 5.30. The summed E-state index contributed by atoms with van der Waals surface area (Å²) in [5.41, 5.74) is 10.7. The minimum Gasteiger partial charge on any atom is -0.496 e. The highest BCUT2D eigenvalue weighted by atomic mass is 16.5. The van der Waals surface area contributed by atoms with E-state index in [0.717, 1.165) is 38.7 Å². The van der Waals surface area contributed by atoms with Crippen LogP contribution in [-0.4, -0.2) is 33.2 Å². The highest BCUT2D eigenvalue weighted by Gasteiger charge is 2.16. The van der Waals surface area contributed by atoms with Crippen molar-refractivity contribution in [3.05, 3.63) is 72.2 Å². The molecule has 0 aliphatic carbocycles. The average Bonchev–Trinajstić information content (AvgIpc) is 3.43. The molecule has 3 heterocycles. The van der Waals surface area contributed by atoms with Crippen LogP contribution in [0.4, 0.5) is 5.82 Å². The van der Waals surface area contributed by atoms with Crippen molar-refractivity contribution in [3.8, 4) is 16.9 Å². The second kappa shape index (κ2) is 7.49. The number of nitrogen functional groups attached to an aromatic ring is 1. The molecule has 0 spiro atoms. The Morgan fingerprint density at radius 3 is 2.94 bits per heavy atom. The van der Waals surface area contributed by atoms with E-state index in [-0.39, 0.29) is 5.91 Å². The van der Waals surface area contributed by atoms with Crippen LogP contribution >= 0.6 is 0 Å². The number of H-pyrrole nitrogens is 2. The molecular formula is C23H20N6O2. The van der Waals surface area contributed by atoms with Gasteiger partial charge in [-0.25, -0.2) is 4.98 Å². The van der Waals surface area contributed by atoms with Gasteiger partial charge in [-0.3, -0.25) is 9.89 Å². The number of nitrogens with one attached hydrogen (secondary N) is 3. The van der Waals surface area contributed by atoms with Crippen molar-refractivity contribution in [2.24, 2.45) is 0 Å². The van der Waals surface area contributed by atoms with Crippen molar-refractivity contribution in [2.75, 3.05) is 12.8 Å². The second-order valence-electron chi connectivity index (χ2n) is 7.21. The van der Waals surface area contributed by atoms with Gasteiger partial charge in [-0.1, -0.05) is 18.2 Å². The number of pyridine rings is 1. The summed E-state index contributed by atoms with van der Waals surface area (Å²) < 4.78 is 5.37. The zero-order chi connectivity index (χ0) is 21.4. The maximum atomic E-state index is 13.1. The van der Waals surface area contributed by atoms with Gasteiger partial charge >= 0.3 is 0 Å². The highest BCUT2D eigenvalue weighted by Crippen LogP contribution is 2.32. The van der Waals surface area contributed by atoms with E-state index in [1.54, 1.807) is 19.5 Å². The number of rotatable bonds is 5. The summed E-state index contributed by atoms with van der Waals surface area (Å²) in [6, 6.07) is 13.3. The van der Waals surface area contributed by atoms with Crippen LogP contribution in [0.15, 0.2) is 61.1 Å². The molecule has 5 rings (SSSR count). The predicted molar refractivity (Wildman–Crippen MR) is 120 cm³/mol. The topological polar surface area (TPSA) is 122 Å². The first-order valence-corrected chi connectivity index (χ1v) is 9.74. The van der Waals surface area contributed by atoms with Crippen molar-refractivity contribution in [2.45, 2.75) is 6.54 Å². The number of para-hydroxylation sites is 1. The van der Waals surface area contributed by atoms with Gasteiger partial charge in [0.2, 0.25) is 0 Å². The number of hydrogen-bond donors (Lipinski definition) is 4. The van der Waals surface area contributed by atoms with E-state index in [1.807, 2.05) is 48.7 Å². The lowest BCUT2D eigenvalue weighted by molar-refractivity contribution is 0.0952. The lowest BCUT2D eigenvalue weighted by Crippen LogP contribution is -2.23. The van der Waals surface area contributed by atoms with Crippen molar-refractivity contribution < 1.29 is 9.53 Å². The lowest BCUT2D eigenvalue weighted by Gasteiger charge is -2.11. The van der Waals surface area contributed by atoms with Crippen LogP contribution in [0.3, 0.4) is 0 Å². The van der Waals surface area contributed by atoms with Gasteiger partial charge in [0.05, 0.1) is 36.1 Å². The molecule has 2 aromatic carbocycles. The molecule has 0 fully saturated rings. The first-order valence-electron chi connectivity index (χ1n) is 9.74. The third-order valence-electron chi connectivity index (χ3n) is 5.32. The Bertz CT molecular complexity index is 1420. The number of amides is 1. The van der Waals surface area contributed by atoms with Crippen molar-refractivity contribution in [3.63, 3.8) is 0 Å². The van der Waals surface area contributed by atoms with Crippen molar-refractivity contribution in [1.82, 2.24) is 25.5 Å². The van der Waals surface area contributed by atoms with E-state index >= 15 is 0 Å². The Kier molecular flexibility index (Phi) is 4.51. The number of nitrogens with two attached hydrogens (primary N) is 1. The van der Waals surface area contributed by atoms with Crippen LogP contribution in [0.2, 0.25) is 0 Å². The summed E-state index contributed by atoms with van der Waals surface area (Å²) in [6.45, 7) is 0.345. The van der Waals surface area contributed by atoms with Gasteiger partial charge in [-0.15, -0.1) is 0 Å². The zero-order valence-electron chi connectivity index (χ0n) is 16.8. The third kappa shape index (κ3) is 3.33. The minimum absolute atomic E-state index is 0.206. The molecule has 0 unspecified atom stereocenters. The first kappa shape index (κ1) is 18.7. The zero-order valence-corrected chi connectivity index (χ0v) is 16.8. The molecule has 3 aromatic heterocycles. The molecule has 8 heteroatoms. The van der Waals surface area contributed by atoms with Crippen LogP contribution in [0.25, 0.3) is 32.9 Å². The number of aromatic nitrogens is 4. The van der Waals surface area contributed by atoms with Crippen molar-refractivity contribution >= 4 is 33.5 Å². The predicted octanol–water partition coefficient (Wildman–Crippen LogP) is 3.63. The Morgan fingerprint density at radius 2 is 2.06 bits per heavy atom. The first-order chi connectivity index (χ1) is 15.1.